The molecule has 1 aliphatic rings. The van der Waals surface area contributed by atoms with Gasteiger partial charge in [0.05, 0.1) is 23.8 Å². The van der Waals surface area contributed by atoms with Gasteiger partial charge in [-0.3, -0.25) is 19.6 Å². The third-order valence-electron chi connectivity index (χ3n) is 4.02. The van der Waals surface area contributed by atoms with Crippen molar-refractivity contribution in [3.05, 3.63) is 45.8 Å². The number of nitrogens with one attached hydrogen (secondary N) is 1. The Labute approximate surface area is 146 Å². The van der Waals surface area contributed by atoms with Crippen LogP contribution in [-0.4, -0.2) is 27.7 Å². The molecule has 0 aliphatic heterocycles. The van der Waals surface area contributed by atoms with Crippen molar-refractivity contribution >= 4 is 17.3 Å². The first kappa shape index (κ1) is 17.8. The number of benzene rings is 1. The lowest BCUT2D eigenvalue weighted by atomic mass is 10.2. The van der Waals surface area contributed by atoms with Crippen molar-refractivity contribution in [2.24, 2.45) is 0 Å². The van der Waals surface area contributed by atoms with Crippen LogP contribution < -0.4 is 10.1 Å². The van der Waals surface area contributed by atoms with E-state index in [-0.39, 0.29) is 28.7 Å². The molecule has 1 amide bonds. The summed E-state index contributed by atoms with van der Waals surface area (Å²) in [6.45, 7) is -0.463. The Hall–Kier alpha value is -3.04. The van der Waals surface area contributed by atoms with Gasteiger partial charge in [-0.25, -0.2) is 8.78 Å². The number of carbonyl (C=O) groups excluding carboxylic acids is 1. The van der Waals surface area contributed by atoms with Crippen molar-refractivity contribution < 1.29 is 23.2 Å². The highest BCUT2D eigenvalue weighted by Crippen LogP contribution is 2.40. The first-order valence-electron chi connectivity index (χ1n) is 7.87. The summed E-state index contributed by atoms with van der Waals surface area (Å²) in [5.41, 5.74) is -0.199. The minimum Gasteiger partial charge on any atom is -0.496 e. The second-order valence-corrected chi connectivity index (χ2v) is 5.92. The largest absolute Gasteiger partial charge is 0.496 e. The van der Waals surface area contributed by atoms with Gasteiger partial charge in [0.2, 0.25) is 5.91 Å². The van der Waals surface area contributed by atoms with Crippen molar-refractivity contribution in [2.45, 2.75) is 31.7 Å². The molecule has 1 saturated carbocycles. The molecule has 0 bridgehead atoms. The second kappa shape index (κ2) is 7.06. The fourth-order valence-electron chi connectivity index (χ4n) is 2.55. The Morgan fingerprint density at radius 2 is 2.19 bits per heavy atom. The number of nitrogens with zero attached hydrogens (tertiary/aromatic N) is 3. The van der Waals surface area contributed by atoms with E-state index in [1.165, 1.54) is 31.4 Å². The molecular weight excluding hydrogens is 350 g/mol. The molecule has 1 fully saturated rings. The summed E-state index contributed by atoms with van der Waals surface area (Å²) >= 11 is 0. The summed E-state index contributed by atoms with van der Waals surface area (Å²) in [5.74, 6) is -0.263. The molecule has 0 unspecified atom stereocenters. The highest BCUT2D eigenvalue weighted by molar-refractivity contribution is 5.93. The van der Waals surface area contributed by atoms with Gasteiger partial charge in [0.1, 0.15) is 23.7 Å². The molecule has 0 spiro atoms. The van der Waals surface area contributed by atoms with E-state index >= 15 is 0 Å². The van der Waals surface area contributed by atoms with Crippen molar-refractivity contribution in [1.82, 2.24) is 9.78 Å². The normalized spacial score (nSPS) is 13.7. The quantitative estimate of drug-likeness (QED) is 0.599. The maximum atomic E-state index is 13.2. The van der Waals surface area contributed by atoms with Crippen LogP contribution in [0, 0.1) is 10.1 Å². The van der Waals surface area contributed by atoms with Gasteiger partial charge in [-0.2, -0.15) is 5.10 Å². The van der Waals surface area contributed by atoms with Gasteiger partial charge in [0.15, 0.2) is 0 Å². The zero-order valence-corrected chi connectivity index (χ0v) is 13.8. The summed E-state index contributed by atoms with van der Waals surface area (Å²) in [6.07, 6.45) is -0.980. The number of ether oxygens (including phenoxy) is 1. The average Bonchev–Trinajstić information content (AvgIpc) is 3.35. The molecule has 0 atom stereocenters. The van der Waals surface area contributed by atoms with Crippen LogP contribution in [0.3, 0.4) is 0 Å². The van der Waals surface area contributed by atoms with Gasteiger partial charge in [-0.1, -0.05) is 0 Å². The number of halogens is 2. The summed E-state index contributed by atoms with van der Waals surface area (Å²) < 4.78 is 32.2. The van der Waals surface area contributed by atoms with Crippen LogP contribution in [0.5, 0.6) is 5.75 Å². The number of carbonyl (C=O) groups is 1. The monoisotopic (exact) mass is 366 g/mol. The molecule has 0 radical (unpaired) electrons. The van der Waals surface area contributed by atoms with E-state index in [1.54, 1.807) is 0 Å². The van der Waals surface area contributed by atoms with Gasteiger partial charge in [0, 0.05) is 5.92 Å². The summed E-state index contributed by atoms with van der Waals surface area (Å²) in [6, 6.07) is 5.25. The van der Waals surface area contributed by atoms with E-state index in [4.69, 9.17) is 4.74 Å². The smallest absolute Gasteiger partial charge is 0.296 e. The lowest BCUT2D eigenvalue weighted by Crippen LogP contribution is -2.21. The number of aromatic nitrogens is 2. The average molecular weight is 366 g/mol. The molecule has 3 rings (SSSR count). The van der Waals surface area contributed by atoms with Crippen LogP contribution in [0.25, 0.3) is 0 Å². The predicted molar refractivity (Wildman–Crippen MR) is 87.4 cm³/mol. The van der Waals surface area contributed by atoms with Crippen molar-refractivity contribution in [2.75, 3.05) is 12.4 Å². The van der Waals surface area contributed by atoms with E-state index in [0.717, 1.165) is 17.5 Å². The lowest BCUT2D eigenvalue weighted by Gasteiger charge is -2.09. The molecule has 0 saturated heterocycles. The lowest BCUT2D eigenvalue weighted by molar-refractivity contribution is -0.384. The van der Waals surface area contributed by atoms with Crippen molar-refractivity contribution in [3.8, 4) is 5.75 Å². The maximum Gasteiger partial charge on any atom is 0.296 e. The Kier molecular flexibility index (Phi) is 4.83. The van der Waals surface area contributed by atoms with Crippen molar-refractivity contribution in [1.29, 1.82) is 0 Å². The van der Waals surface area contributed by atoms with E-state index in [9.17, 15) is 23.7 Å². The molecule has 138 valence electrons. The molecule has 1 aliphatic carbocycles. The van der Waals surface area contributed by atoms with Crippen LogP contribution in [0.4, 0.5) is 20.2 Å². The number of rotatable bonds is 7. The Morgan fingerprint density at radius 3 is 2.77 bits per heavy atom. The van der Waals surface area contributed by atoms with Crippen LogP contribution in [-0.2, 0) is 11.3 Å². The number of hydrogen-bond acceptors (Lipinski definition) is 5. The van der Waals surface area contributed by atoms with Crippen molar-refractivity contribution in [3.63, 3.8) is 0 Å². The van der Waals surface area contributed by atoms with Gasteiger partial charge >= 0.3 is 0 Å². The summed E-state index contributed by atoms with van der Waals surface area (Å²) in [5, 5.41) is 17.6. The number of anilines is 1. The molecule has 2 aromatic rings. The topological polar surface area (TPSA) is 99.3 Å². The number of hydrogen-bond donors (Lipinski definition) is 1. The van der Waals surface area contributed by atoms with Crippen LogP contribution in [0.1, 0.15) is 36.6 Å². The Bertz CT molecular complexity index is 849. The number of nitro groups is 1. The molecule has 26 heavy (non-hydrogen) atoms. The molecule has 1 N–H and O–H groups in total. The first-order valence-corrected chi connectivity index (χ1v) is 7.87. The number of methoxy groups -OCH3 is 1. The minimum absolute atomic E-state index is 0.0473. The fourth-order valence-corrected chi connectivity index (χ4v) is 2.55. The minimum atomic E-state index is -2.77. The standard InChI is InChI=1S/C16H16F2N4O4/c1-26-10-4-5-11(13(6-10)22(24)25)19-15(23)8-21-14(16(17)18)7-12(20-21)9-2-3-9/h4-7,9,16H,2-3,8H2,1H3,(H,19,23). The number of nitro benzene ring substituents is 1. The Morgan fingerprint density at radius 1 is 1.46 bits per heavy atom. The van der Waals surface area contributed by atoms with Crippen LogP contribution >= 0.6 is 0 Å². The highest BCUT2D eigenvalue weighted by atomic mass is 19.3. The molecule has 10 heteroatoms. The molecule has 1 aromatic heterocycles. The number of amides is 1. The molecule has 1 heterocycles. The molecule has 8 nitrogen and oxygen atoms in total. The molecule has 1 aromatic carbocycles. The van der Waals surface area contributed by atoms with Gasteiger partial charge < -0.3 is 10.1 Å². The SMILES string of the molecule is COc1ccc(NC(=O)Cn2nc(C3CC3)cc2C(F)F)c([N+](=O)[O-])c1. The zero-order valence-electron chi connectivity index (χ0n) is 13.8. The van der Waals surface area contributed by atoms with Gasteiger partial charge in [-0.05, 0) is 31.0 Å². The van der Waals surface area contributed by atoms with Crippen LogP contribution in [0.2, 0.25) is 0 Å². The van der Waals surface area contributed by atoms with Crippen LogP contribution in [0.15, 0.2) is 24.3 Å². The summed E-state index contributed by atoms with van der Waals surface area (Å²) in [4.78, 5) is 22.7. The first-order chi connectivity index (χ1) is 12.4. The van der Waals surface area contributed by atoms with Gasteiger partial charge in [0.25, 0.3) is 12.1 Å². The Balaban J connectivity index is 1.78. The third-order valence-corrected chi connectivity index (χ3v) is 4.02. The van der Waals surface area contributed by atoms with E-state index in [2.05, 4.69) is 10.4 Å². The fraction of sp³-hybridized carbons (Fsp3) is 0.375. The highest BCUT2D eigenvalue weighted by Gasteiger charge is 2.29. The van der Waals surface area contributed by atoms with E-state index in [1.807, 2.05) is 0 Å². The second-order valence-electron chi connectivity index (χ2n) is 5.92. The van der Waals surface area contributed by atoms with Gasteiger partial charge in [-0.15, -0.1) is 0 Å². The molecular formula is C16H16F2N4O4. The van der Waals surface area contributed by atoms with E-state index < -0.39 is 23.8 Å². The third kappa shape index (κ3) is 3.79. The number of alkyl halides is 2. The predicted octanol–water partition coefficient (Wildman–Crippen LogP) is 3.25. The summed E-state index contributed by atoms with van der Waals surface area (Å²) in [7, 11) is 1.36. The zero-order chi connectivity index (χ0) is 18.8. The maximum absolute atomic E-state index is 13.2. The van der Waals surface area contributed by atoms with E-state index in [0.29, 0.717) is 5.69 Å².